The molecule has 0 radical (unpaired) electrons. The number of nitrogens with one attached hydrogen (secondary N) is 1. The molecule has 3 fully saturated rings. The van der Waals surface area contributed by atoms with Crippen LogP contribution in [0.2, 0.25) is 0 Å². The third kappa shape index (κ3) is 2.95. The number of hydrogen-bond donors (Lipinski definition) is 2. The molecule has 0 aromatic heterocycles. The van der Waals surface area contributed by atoms with Crippen molar-refractivity contribution in [3.8, 4) is 5.75 Å². The van der Waals surface area contributed by atoms with E-state index in [1.165, 1.54) is 25.7 Å². The van der Waals surface area contributed by atoms with Crippen LogP contribution < -0.4 is 10.1 Å². The Morgan fingerprint density at radius 2 is 2.09 bits per heavy atom. The minimum absolute atomic E-state index is 0.277. The molecule has 1 aromatic carbocycles. The number of rotatable bonds is 6. The van der Waals surface area contributed by atoms with Gasteiger partial charge in [-0.15, -0.1) is 0 Å². The largest absolute Gasteiger partial charge is 0.496 e. The Labute approximate surface area is 136 Å². The fraction of sp³-hybridized carbons (Fsp3) is 0.611. The van der Waals surface area contributed by atoms with Gasteiger partial charge in [0.2, 0.25) is 0 Å². The van der Waals surface area contributed by atoms with E-state index in [4.69, 9.17) is 9.84 Å². The monoisotopic (exact) mass is 316 g/mol. The minimum Gasteiger partial charge on any atom is -0.496 e. The molecule has 1 aromatic rings. The van der Waals surface area contributed by atoms with Crippen LogP contribution in [0.5, 0.6) is 5.75 Å². The lowest BCUT2D eigenvalue weighted by Gasteiger charge is -2.59. The van der Waals surface area contributed by atoms with Gasteiger partial charge in [0, 0.05) is 37.3 Å². The molecule has 23 heavy (non-hydrogen) atoms. The van der Waals surface area contributed by atoms with Gasteiger partial charge in [-0.25, -0.2) is 4.79 Å². The van der Waals surface area contributed by atoms with Crippen LogP contribution in [0.15, 0.2) is 18.2 Å². The SMILES string of the molecule is COc1cc(C(=O)O)ccc1CN1CC2(CC(NC3CC3)C2)C1. The molecular weight excluding hydrogens is 292 g/mol. The van der Waals surface area contributed by atoms with Crippen LogP contribution in [-0.2, 0) is 6.54 Å². The Morgan fingerprint density at radius 3 is 2.70 bits per heavy atom. The molecule has 0 bridgehead atoms. The summed E-state index contributed by atoms with van der Waals surface area (Å²) in [5.74, 6) is -0.242. The van der Waals surface area contributed by atoms with E-state index >= 15 is 0 Å². The Kier molecular flexibility index (Phi) is 3.58. The first-order valence-corrected chi connectivity index (χ1v) is 8.45. The summed E-state index contributed by atoms with van der Waals surface area (Å²) < 4.78 is 5.37. The number of benzene rings is 1. The van der Waals surface area contributed by atoms with Gasteiger partial charge in [0.05, 0.1) is 12.7 Å². The summed E-state index contributed by atoms with van der Waals surface area (Å²) in [6, 6.07) is 6.71. The molecule has 5 heteroatoms. The number of hydrogen-bond acceptors (Lipinski definition) is 4. The minimum atomic E-state index is -0.915. The van der Waals surface area contributed by atoms with Gasteiger partial charge in [-0.05, 0) is 43.2 Å². The Balaban J connectivity index is 1.31. The van der Waals surface area contributed by atoms with Crippen molar-refractivity contribution in [1.82, 2.24) is 10.2 Å². The van der Waals surface area contributed by atoms with Crippen molar-refractivity contribution in [3.05, 3.63) is 29.3 Å². The molecule has 1 heterocycles. The summed E-state index contributed by atoms with van der Waals surface area (Å²) in [5, 5.41) is 12.8. The van der Waals surface area contributed by atoms with Crippen molar-refractivity contribution in [2.45, 2.75) is 44.3 Å². The van der Waals surface area contributed by atoms with E-state index in [1.54, 1.807) is 19.2 Å². The van der Waals surface area contributed by atoms with Crippen LogP contribution in [-0.4, -0.2) is 48.3 Å². The molecule has 4 rings (SSSR count). The quantitative estimate of drug-likeness (QED) is 0.842. The van der Waals surface area contributed by atoms with Crippen molar-refractivity contribution >= 4 is 5.97 Å². The molecule has 0 amide bonds. The van der Waals surface area contributed by atoms with Gasteiger partial charge in [-0.1, -0.05) is 6.07 Å². The molecule has 2 N–H and O–H groups in total. The van der Waals surface area contributed by atoms with Gasteiger partial charge in [-0.2, -0.15) is 0 Å². The fourth-order valence-electron chi connectivity index (χ4n) is 4.21. The predicted molar refractivity (Wildman–Crippen MR) is 86.8 cm³/mol. The number of carbonyl (C=O) groups is 1. The molecule has 1 saturated heterocycles. The lowest BCUT2D eigenvalue weighted by Crippen LogP contribution is -2.65. The van der Waals surface area contributed by atoms with Crippen molar-refractivity contribution in [1.29, 1.82) is 0 Å². The normalized spacial score (nSPS) is 23.3. The number of nitrogens with zero attached hydrogens (tertiary/aromatic N) is 1. The second-order valence-corrected chi connectivity index (χ2v) is 7.52. The van der Waals surface area contributed by atoms with E-state index in [0.717, 1.165) is 37.3 Å². The van der Waals surface area contributed by atoms with Crippen molar-refractivity contribution < 1.29 is 14.6 Å². The lowest BCUT2D eigenvalue weighted by molar-refractivity contribution is -0.0834. The molecule has 2 aliphatic carbocycles. The van der Waals surface area contributed by atoms with E-state index in [0.29, 0.717) is 11.2 Å². The standard InChI is InChI=1S/C18H24N2O3/c1-23-16-6-12(17(21)22)2-3-13(16)9-20-10-18(11-20)7-15(8-18)19-14-4-5-14/h2-3,6,14-15,19H,4-5,7-11H2,1H3,(H,21,22). The molecule has 2 saturated carbocycles. The Morgan fingerprint density at radius 1 is 1.35 bits per heavy atom. The summed E-state index contributed by atoms with van der Waals surface area (Å²) in [5.41, 5.74) is 1.89. The molecule has 1 spiro atoms. The van der Waals surface area contributed by atoms with Crippen molar-refractivity contribution in [2.24, 2.45) is 5.41 Å². The van der Waals surface area contributed by atoms with Gasteiger partial charge in [0.1, 0.15) is 5.75 Å². The predicted octanol–water partition coefficient (Wildman–Crippen LogP) is 2.11. The van der Waals surface area contributed by atoms with E-state index in [2.05, 4.69) is 10.2 Å². The summed E-state index contributed by atoms with van der Waals surface area (Å²) in [4.78, 5) is 13.5. The number of likely N-dealkylation sites (tertiary alicyclic amines) is 1. The highest BCUT2D eigenvalue weighted by Crippen LogP contribution is 2.49. The zero-order valence-electron chi connectivity index (χ0n) is 13.5. The van der Waals surface area contributed by atoms with Crippen LogP contribution in [0.3, 0.4) is 0 Å². The first-order valence-electron chi connectivity index (χ1n) is 8.45. The van der Waals surface area contributed by atoms with Crippen molar-refractivity contribution in [2.75, 3.05) is 20.2 Å². The summed E-state index contributed by atoms with van der Waals surface area (Å²) in [7, 11) is 1.60. The number of carboxylic acids is 1. The number of aromatic carboxylic acids is 1. The number of carboxylic acid groups (broad SMARTS) is 1. The summed E-state index contributed by atoms with van der Waals surface area (Å²) in [6.07, 6.45) is 5.35. The molecule has 0 unspecified atom stereocenters. The zero-order valence-corrected chi connectivity index (χ0v) is 13.5. The first-order chi connectivity index (χ1) is 11.1. The van der Waals surface area contributed by atoms with E-state index < -0.39 is 5.97 Å². The third-order valence-corrected chi connectivity index (χ3v) is 5.45. The lowest BCUT2D eigenvalue weighted by atomic mass is 9.60. The van der Waals surface area contributed by atoms with E-state index in [-0.39, 0.29) is 5.56 Å². The van der Waals surface area contributed by atoms with Gasteiger partial charge < -0.3 is 15.2 Å². The smallest absolute Gasteiger partial charge is 0.335 e. The average molecular weight is 316 g/mol. The van der Waals surface area contributed by atoms with Gasteiger partial charge in [0.25, 0.3) is 0 Å². The summed E-state index contributed by atoms with van der Waals surface area (Å²) >= 11 is 0. The molecule has 124 valence electrons. The highest BCUT2D eigenvalue weighted by atomic mass is 16.5. The maximum atomic E-state index is 11.0. The topological polar surface area (TPSA) is 61.8 Å². The maximum Gasteiger partial charge on any atom is 0.335 e. The van der Waals surface area contributed by atoms with Gasteiger partial charge in [-0.3, -0.25) is 4.90 Å². The first kappa shape index (κ1) is 15.0. The molecular formula is C18H24N2O3. The highest BCUT2D eigenvalue weighted by molar-refractivity contribution is 5.88. The zero-order chi connectivity index (χ0) is 16.0. The van der Waals surface area contributed by atoms with Crippen LogP contribution >= 0.6 is 0 Å². The Hall–Kier alpha value is -1.59. The average Bonchev–Trinajstić information content (AvgIpc) is 3.26. The Bertz CT molecular complexity index is 613. The molecule has 1 aliphatic heterocycles. The highest BCUT2D eigenvalue weighted by Gasteiger charge is 2.52. The number of ether oxygens (including phenoxy) is 1. The van der Waals surface area contributed by atoms with Crippen molar-refractivity contribution in [3.63, 3.8) is 0 Å². The third-order valence-electron chi connectivity index (χ3n) is 5.45. The van der Waals surface area contributed by atoms with E-state index in [9.17, 15) is 4.79 Å². The second kappa shape index (κ2) is 5.49. The van der Waals surface area contributed by atoms with Gasteiger partial charge in [0.15, 0.2) is 0 Å². The molecule has 3 aliphatic rings. The van der Waals surface area contributed by atoms with Crippen LogP contribution in [0.1, 0.15) is 41.6 Å². The van der Waals surface area contributed by atoms with Crippen LogP contribution in [0.4, 0.5) is 0 Å². The fourth-order valence-corrected chi connectivity index (χ4v) is 4.21. The maximum absolute atomic E-state index is 11.0. The number of methoxy groups -OCH3 is 1. The molecule has 5 nitrogen and oxygen atoms in total. The van der Waals surface area contributed by atoms with Crippen LogP contribution in [0, 0.1) is 5.41 Å². The molecule has 0 atom stereocenters. The van der Waals surface area contributed by atoms with Gasteiger partial charge >= 0.3 is 5.97 Å². The van der Waals surface area contributed by atoms with E-state index in [1.807, 2.05) is 6.07 Å². The summed E-state index contributed by atoms with van der Waals surface area (Å²) in [6.45, 7) is 3.14. The van der Waals surface area contributed by atoms with Crippen LogP contribution in [0.25, 0.3) is 0 Å². The second-order valence-electron chi connectivity index (χ2n) is 7.52.